The third kappa shape index (κ3) is 5.93. The van der Waals surface area contributed by atoms with Gasteiger partial charge in [-0.2, -0.15) is 0 Å². The van der Waals surface area contributed by atoms with Crippen LogP contribution in [0, 0.1) is 0 Å². The van der Waals surface area contributed by atoms with E-state index in [9.17, 15) is 5.11 Å². The summed E-state index contributed by atoms with van der Waals surface area (Å²) in [6, 6.07) is 25.6. The van der Waals surface area contributed by atoms with Crippen molar-refractivity contribution in [3.8, 4) is 5.75 Å². The zero-order valence-corrected chi connectivity index (χ0v) is 22.0. The summed E-state index contributed by atoms with van der Waals surface area (Å²) < 4.78 is 0. The first-order chi connectivity index (χ1) is 16.3. The smallest absolute Gasteiger partial charge is 0.119 e. The molecule has 3 aromatic carbocycles. The minimum atomic E-state index is -0.224. The second kappa shape index (κ2) is 11.7. The first kappa shape index (κ1) is 26.1. The Morgan fingerprint density at radius 1 is 0.588 bits per heavy atom. The van der Waals surface area contributed by atoms with Crippen LogP contribution in [0.3, 0.4) is 0 Å². The molecule has 0 saturated heterocycles. The van der Waals surface area contributed by atoms with E-state index in [1.807, 2.05) is 6.07 Å². The van der Waals surface area contributed by atoms with E-state index in [-0.39, 0.29) is 10.8 Å². The van der Waals surface area contributed by atoms with Crippen molar-refractivity contribution in [1.29, 1.82) is 0 Å². The average Bonchev–Trinajstić information content (AvgIpc) is 2.85. The highest BCUT2D eigenvalue weighted by Crippen LogP contribution is 2.45. The minimum Gasteiger partial charge on any atom is -0.508 e. The molecule has 34 heavy (non-hydrogen) atoms. The molecule has 3 aromatic rings. The topological polar surface area (TPSA) is 20.2 Å². The molecule has 0 aliphatic rings. The molecule has 0 saturated carbocycles. The van der Waals surface area contributed by atoms with E-state index < -0.39 is 0 Å². The lowest BCUT2D eigenvalue weighted by Gasteiger charge is -2.37. The highest BCUT2D eigenvalue weighted by molar-refractivity contribution is 5.56. The van der Waals surface area contributed by atoms with Gasteiger partial charge in [-0.3, -0.25) is 0 Å². The van der Waals surface area contributed by atoms with Gasteiger partial charge in [0, 0.05) is 10.8 Å². The number of rotatable bonds is 12. The Hall–Kier alpha value is -2.54. The molecule has 0 heterocycles. The number of aromatic hydroxyl groups is 1. The van der Waals surface area contributed by atoms with Crippen molar-refractivity contribution in [3.05, 3.63) is 101 Å². The summed E-state index contributed by atoms with van der Waals surface area (Å²) in [7, 11) is 0. The Balaban J connectivity index is 2.04. The van der Waals surface area contributed by atoms with Crippen molar-refractivity contribution < 1.29 is 5.11 Å². The third-order valence-electron chi connectivity index (χ3n) is 7.61. The lowest BCUT2D eigenvalue weighted by molar-refractivity contribution is 0.458. The molecule has 0 amide bonds. The van der Waals surface area contributed by atoms with Gasteiger partial charge in [0.25, 0.3) is 0 Å². The van der Waals surface area contributed by atoms with Crippen LogP contribution in [0.4, 0.5) is 0 Å². The molecule has 1 nitrogen and oxygen atoms in total. The number of benzene rings is 3. The summed E-state index contributed by atoms with van der Waals surface area (Å²) in [6.45, 7) is 11.5. The number of phenols is 1. The Morgan fingerprint density at radius 2 is 1.09 bits per heavy atom. The Kier molecular flexibility index (Phi) is 9.00. The van der Waals surface area contributed by atoms with E-state index in [0.29, 0.717) is 5.75 Å². The molecule has 0 radical (unpaired) electrons. The van der Waals surface area contributed by atoms with Crippen LogP contribution in [-0.4, -0.2) is 5.11 Å². The zero-order valence-electron chi connectivity index (χ0n) is 22.0. The summed E-state index contributed by atoms with van der Waals surface area (Å²) >= 11 is 0. The predicted octanol–water partition coefficient (Wildman–Crippen LogP) is 9.34. The fourth-order valence-corrected chi connectivity index (χ4v) is 5.39. The zero-order chi connectivity index (χ0) is 24.6. The third-order valence-corrected chi connectivity index (χ3v) is 7.61. The summed E-state index contributed by atoms with van der Waals surface area (Å²) in [5.41, 5.74) is 5.91. The SMILES string of the molecule is CCCCCCCCCc1c(O)ccc(C(C)(C)c2ccccc2)c1C(C)(C)c1ccccc1. The van der Waals surface area contributed by atoms with E-state index in [1.54, 1.807) is 0 Å². The predicted molar refractivity (Wildman–Crippen MR) is 147 cm³/mol. The second-order valence-electron chi connectivity index (χ2n) is 10.8. The molecular weight excluding hydrogens is 412 g/mol. The summed E-state index contributed by atoms with van der Waals surface area (Å²) in [5, 5.41) is 11.1. The molecule has 0 aliphatic carbocycles. The van der Waals surface area contributed by atoms with E-state index >= 15 is 0 Å². The number of hydrogen-bond acceptors (Lipinski definition) is 1. The highest BCUT2D eigenvalue weighted by Gasteiger charge is 2.35. The lowest BCUT2D eigenvalue weighted by atomic mass is 9.66. The van der Waals surface area contributed by atoms with Crippen LogP contribution in [0.2, 0.25) is 0 Å². The normalized spacial score (nSPS) is 12.1. The van der Waals surface area contributed by atoms with Gasteiger partial charge in [0.2, 0.25) is 0 Å². The number of phenolic OH excluding ortho intramolecular Hbond substituents is 1. The van der Waals surface area contributed by atoms with Crippen LogP contribution in [0.5, 0.6) is 5.75 Å². The van der Waals surface area contributed by atoms with Gasteiger partial charge in [0.15, 0.2) is 0 Å². The quantitative estimate of drug-likeness (QED) is 0.269. The first-order valence-electron chi connectivity index (χ1n) is 13.3. The van der Waals surface area contributed by atoms with E-state index in [1.165, 1.54) is 60.8 Å². The van der Waals surface area contributed by atoms with Crippen molar-refractivity contribution >= 4 is 0 Å². The first-order valence-corrected chi connectivity index (χ1v) is 13.3. The summed E-state index contributed by atoms with van der Waals surface area (Å²) in [5.74, 6) is 0.442. The molecule has 1 N–H and O–H groups in total. The molecule has 0 spiro atoms. The van der Waals surface area contributed by atoms with Crippen LogP contribution >= 0.6 is 0 Å². The maximum atomic E-state index is 11.1. The maximum Gasteiger partial charge on any atom is 0.119 e. The van der Waals surface area contributed by atoms with E-state index in [4.69, 9.17) is 0 Å². The monoisotopic (exact) mass is 456 g/mol. The van der Waals surface area contributed by atoms with Crippen molar-refractivity contribution in [2.75, 3.05) is 0 Å². The molecular formula is C33H44O. The molecule has 3 rings (SSSR count). The number of unbranched alkanes of at least 4 members (excludes halogenated alkanes) is 6. The standard InChI is InChI=1S/C33H44O/c1-6-7-8-9-10-11-18-23-28-30(34)25-24-29(32(2,3)26-19-14-12-15-20-26)31(28)33(4,5)27-21-16-13-17-22-27/h12-17,19-22,24-25,34H,6-11,18,23H2,1-5H3. The van der Waals surface area contributed by atoms with Crippen molar-refractivity contribution in [3.63, 3.8) is 0 Å². The molecule has 1 heteroatoms. The summed E-state index contributed by atoms with van der Waals surface area (Å²) in [6.07, 6.45) is 9.84. The van der Waals surface area contributed by atoms with Crippen LogP contribution in [0.25, 0.3) is 0 Å². The van der Waals surface area contributed by atoms with Crippen molar-refractivity contribution in [2.24, 2.45) is 0 Å². The van der Waals surface area contributed by atoms with Crippen LogP contribution in [-0.2, 0) is 17.3 Å². The molecule has 0 atom stereocenters. The molecule has 0 unspecified atom stereocenters. The van der Waals surface area contributed by atoms with Crippen LogP contribution in [0.15, 0.2) is 72.8 Å². The number of hydrogen-bond donors (Lipinski definition) is 1. The van der Waals surface area contributed by atoms with E-state index in [2.05, 4.69) is 101 Å². The van der Waals surface area contributed by atoms with Gasteiger partial charge < -0.3 is 5.11 Å². The Morgan fingerprint density at radius 3 is 1.65 bits per heavy atom. The summed E-state index contributed by atoms with van der Waals surface area (Å²) in [4.78, 5) is 0. The molecule has 0 aromatic heterocycles. The minimum absolute atomic E-state index is 0.175. The Bertz CT molecular complexity index is 1020. The molecule has 0 bridgehead atoms. The van der Waals surface area contributed by atoms with Gasteiger partial charge in [-0.25, -0.2) is 0 Å². The molecule has 0 aliphatic heterocycles. The van der Waals surface area contributed by atoms with Gasteiger partial charge in [-0.15, -0.1) is 0 Å². The fraction of sp³-hybridized carbons (Fsp3) is 0.455. The van der Waals surface area contributed by atoms with Gasteiger partial charge in [-0.05, 0) is 46.7 Å². The average molecular weight is 457 g/mol. The van der Waals surface area contributed by atoms with E-state index in [0.717, 1.165) is 18.4 Å². The maximum absolute atomic E-state index is 11.1. The van der Waals surface area contributed by atoms with Gasteiger partial charge in [-0.1, -0.05) is 140 Å². The van der Waals surface area contributed by atoms with Gasteiger partial charge >= 0.3 is 0 Å². The molecule has 182 valence electrons. The van der Waals surface area contributed by atoms with Gasteiger partial charge in [0.05, 0.1) is 0 Å². The molecule has 0 fully saturated rings. The lowest BCUT2D eigenvalue weighted by Crippen LogP contribution is -2.29. The fourth-order valence-electron chi connectivity index (χ4n) is 5.39. The Labute approximate surface area is 208 Å². The van der Waals surface area contributed by atoms with Crippen LogP contribution < -0.4 is 0 Å². The van der Waals surface area contributed by atoms with Gasteiger partial charge in [0.1, 0.15) is 5.75 Å². The second-order valence-corrected chi connectivity index (χ2v) is 10.8. The van der Waals surface area contributed by atoms with Crippen LogP contribution in [0.1, 0.15) is 107 Å². The van der Waals surface area contributed by atoms with Crippen molar-refractivity contribution in [2.45, 2.75) is 96.8 Å². The largest absolute Gasteiger partial charge is 0.508 e. The highest BCUT2D eigenvalue weighted by atomic mass is 16.3. The van der Waals surface area contributed by atoms with Crippen molar-refractivity contribution in [1.82, 2.24) is 0 Å².